The predicted molar refractivity (Wildman–Crippen MR) is 88.5 cm³/mol. The van der Waals surface area contributed by atoms with Gasteiger partial charge in [0, 0.05) is 12.5 Å². The van der Waals surface area contributed by atoms with Gasteiger partial charge in [0.05, 0.1) is 11.8 Å². The number of esters is 2. The molecular weight excluding hydrogens is 422 g/mol. The highest BCUT2D eigenvalue weighted by Gasteiger charge is 2.79. The highest BCUT2D eigenvalue weighted by molar-refractivity contribution is 5.96. The summed E-state index contributed by atoms with van der Waals surface area (Å²) in [5.74, 6) is -7.63. The molecule has 3 fully saturated rings. The first-order chi connectivity index (χ1) is 13.8. The fourth-order valence-electron chi connectivity index (χ4n) is 5.98. The average molecular weight is 446 g/mol. The Hall–Kier alpha value is -1.36. The Morgan fingerprint density at radius 1 is 1.00 bits per heavy atom. The monoisotopic (exact) mass is 446 g/mol. The van der Waals surface area contributed by atoms with Crippen molar-refractivity contribution in [3.05, 3.63) is 0 Å². The van der Waals surface area contributed by atoms with Crippen LogP contribution >= 0.6 is 0 Å². The van der Waals surface area contributed by atoms with Gasteiger partial charge in [-0.2, -0.15) is 26.3 Å². The minimum absolute atomic E-state index is 0.100. The van der Waals surface area contributed by atoms with Gasteiger partial charge in [0.25, 0.3) is 5.60 Å². The molecule has 2 aliphatic carbocycles. The second kappa shape index (κ2) is 7.65. The first-order valence-corrected chi connectivity index (χ1v) is 9.88. The number of ether oxygens (including phenoxy) is 3. The van der Waals surface area contributed by atoms with E-state index in [0.29, 0.717) is 0 Å². The van der Waals surface area contributed by atoms with Gasteiger partial charge in [0.2, 0.25) is 0 Å². The molecule has 0 radical (unpaired) electrons. The van der Waals surface area contributed by atoms with Crippen molar-refractivity contribution in [2.75, 3.05) is 13.4 Å². The van der Waals surface area contributed by atoms with E-state index in [0.717, 1.165) is 0 Å². The lowest BCUT2D eigenvalue weighted by atomic mass is 9.63. The van der Waals surface area contributed by atoms with Crippen LogP contribution in [-0.2, 0) is 23.8 Å². The number of rotatable bonds is 6. The Balaban J connectivity index is 1.94. The Labute approximate surface area is 169 Å². The summed E-state index contributed by atoms with van der Waals surface area (Å²) in [5.41, 5.74) is -4.36. The van der Waals surface area contributed by atoms with Crippen molar-refractivity contribution in [2.45, 2.75) is 51.6 Å². The van der Waals surface area contributed by atoms with E-state index in [1.54, 1.807) is 6.92 Å². The van der Waals surface area contributed by atoms with Crippen LogP contribution in [0.4, 0.5) is 26.3 Å². The number of hydrogen-bond acceptors (Lipinski definition) is 5. The van der Waals surface area contributed by atoms with E-state index >= 15 is 0 Å². The first-order valence-electron chi connectivity index (χ1n) is 9.88. The summed E-state index contributed by atoms with van der Waals surface area (Å²) >= 11 is 0. The zero-order valence-electron chi connectivity index (χ0n) is 16.7. The summed E-state index contributed by atoms with van der Waals surface area (Å²) in [4.78, 5) is 23.9. The molecule has 0 aromatic rings. The van der Waals surface area contributed by atoms with Crippen LogP contribution in [-0.4, -0.2) is 43.3 Å². The van der Waals surface area contributed by atoms with Crippen molar-refractivity contribution in [2.24, 2.45) is 41.4 Å². The maximum Gasteiger partial charge on any atom is 0.426 e. The van der Waals surface area contributed by atoms with Gasteiger partial charge in [-0.15, -0.1) is 0 Å². The van der Waals surface area contributed by atoms with Crippen molar-refractivity contribution in [3.8, 4) is 0 Å². The highest BCUT2D eigenvalue weighted by atomic mass is 19.4. The van der Waals surface area contributed by atoms with Gasteiger partial charge in [-0.25, -0.2) is 0 Å². The lowest BCUT2D eigenvalue weighted by Crippen LogP contribution is -2.65. The number of carbonyl (C=O) groups excluding carboxylic acids is 2. The third-order valence-electron chi connectivity index (χ3n) is 7.21. The summed E-state index contributed by atoms with van der Waals surface area (Å²) < 4.78 is 97.5. The number of hydrogen-bond donors (Lipinski definition) is 0. The number of alkyl halides is 6. The normalized spacial score (nSPS) is 37.2. The van der Waals surface area contributed by atoms with Crippen molar-refractivity contribution < 1.29 is 50.1 Å². The molecule has 0 amide bonds. The molecule has 5 nitrogen and oxygen atoms in total. The molecule has 1 saturated heterocycles. The van der Waals surface area contributed by atoms with E-state index < -0.39 is 84.5 Å². The van der Waals surface area contributed by atoms with E-state index in [2.05, 4.69) is 14.2 Å². The van der Waals surface area contributed by atoms with Crippen LogP contribution in [0.2, 0.25) is 0 Å². The minimum atomic E-state index is -5.71. The van der Waals surface area contributed by atoms with Gasteiger partial charge < -0.3 is 14.2 Å². The molecule has 3 aliphatic rings. The van der Waals surface area contributed by atoms with Crippen LogP contribution in [0.3, 0.4) is 0 Å². The molecule has 0 N–H and O–H groups in total. The van der Waals surface area contributed by atoms with Crippen LogP contribution in [0.15, 0.2) is 0 Å². The smallest absolute Gasteiger partial charge is 0.393 e. The molecule has 1 aliphatic heterocycles. The van der Waals surface area contributed by atoms with Crippen molar-refractivity contribution >= 4 is 11.9 Å². The molecule has 0 aromatic carbocycles. The number of fused-ring (bicyclic) bond motifs is 2. The summed E-state index contributed by atoms with van der Waals surface area (Å²) in [6, 6.07) is 0. The summed E-state index contributed by atoms with van der Waals surface area (Å²) in [6.07, 6.45) is -11.7. The Morgan fingerprint density at radius 3 is 2.03 bits per heavy atom. The van der Waals surface area contributed by atoms with Gasteiger partial charge in [-0.1, -0.05) is 13.8 Å². The Bertz CT molecular complexity index is 674. The fourth-order valence-corrected chi connectivity index (χ4v) is 5.98. The van der Waals surface area contributed by atoms with E-state index in [1.807, 2.05) is 0 Å². The van der Waals surface area contributed by atoms with Crippen LogP contribution in [0.25, 0.3) is 0 Å². The Kier molecular flexibility index (Phi) is 5.94. The van der Waals surface area contributed by atoms with Crippen LogP contribution in [0.5, 0.6) is 0 Å². The van der Waals surface area contributed by atoms with Crippen molar-refractivity contribution in [1.82, 2.24) is 0 Å². The number of carbonyl (C=O) groups is 2. The molecule has 2 bridgehead atoms. The van der Waals surface area contributed by atoms with E-state index in [-0.39, 0.29) is 13.0 Å². The van der Waals surface area contributed by atoms with Crippen molar-refractivity contribution in [1.29, 1.82) is 0 Å². The topological polar surface area (TPSA) is 61.8 Å². The molecule has 1 heterocycles. The second-order valence-electron chi connectivity index (χ2n) is 8.48. The zero-order chi connectivity index (χ0) is 22.6. The largest absolute Gasteiger partial charge is 0.426 e. The molecular formula is C19H24F6O5. The number of halogens is 6. The third kappa shape index (κ3) is 3.32. The molecule has 2 saturated carbocycles. The SMILES string of the molecule is CCOCOC(C1CC2CC1C(C)C2C1C(=O)OC(=O)C1C)(C(F)(F)F)C(F)(F)F. The first kappa shape index (κ1) is 23.3. The van der Waals surface area contributed by atoms with E-state index in [1.165, 1.54) is 13.8 Å². The number of cyclic esters (lactones) is 2. The molecule has 11 heteroatoms. The highest BCUT2D eigenvalue weighted by Crippen LogP contribution is 2.66. The summed E-state index contributed by atoms with van der Waals surface area (Å²) in [5, 5.41) is 0. The summed E-state index contributed by atoms with van der Waals surface area (Å²) in [6.45, 7) is 3.23. The predicted octanol–water partition coefficient (Wildman–Crippen LogP) is 4.10. The van der Waals surface area contributed by atoms with Gasteiger partial charge in [0.1, 0.15) is 6.79 Å². The van der Waals surface area contributed by atoms with Gasteiger partial charge >= 0.3 is 24.3 Å². The zero-order valence-corrected chi connectivity index (χ0v) is 16.7. The second-order valence-corrected chi connectivity index (χ2v) is 8.48. The lowest BCUT2D eigenvalue weighted by Gasteiger charge is -2.47. The standard InChI is InChI=1S/C19H24F6O5/c1-4-28-7-29-17(18(20,21)22,19(23,24)25)12-6-10-5-11(12)8(2)13(10)14-9(3)15(26)30-16(14)27/h8-14H,4-7H2,1-3H3. The van der Waals surface area contributed by atoms with Crippen molar-refractivity contribution in [3.63, 3.8) is 0 Å². The quantitative estimate of drug-likeness (QED) is 0.202. The molecule has 7 unspecified atom stereocenters. The summed E-state index contributed by atoms with van der Waals surface area (Å²) in [7, 11) is 0. The minimum Gasteiger partial charge on any atom is -0.393 e. The third-order valence-corrected chi connectivity index (χ3v) is 7.21. The average Bonchev–Trinajstić information content (AvgIpc) is 3.22. The van der Waals surface area contributed by atoms with E-state index in [9.17, 15) is 35.9 Å². The van der Waals surface area contributed by atoms with E-state index in [4.69, 9.17) is 0 Å². The molecule has 172 valence electrons. The molecule has 0 aromatic heterocycles. The fraction of sp³-hybridized carbons (Fsp3) is 0.895. The molecule has 30 heavy (non-hydrogen) atoms. The molecule has 0 spiro atoms. The van der Waals surface area contributed by atoms with Gasteiger partial charge in [-0.05, 0) is 43.4 Å². The van der Waals surface area contributed by atoms with Crippen LogP contribution < -0.4 is 0 Å². The molecule has 7 atom stereocenters. The maximum atomic E-state index is 14.0. The van der Waals surface area contributed by atoms with Gasteiger partial charge in [0.15, 0.2) is 0 Å². The Morgan fingerprint density at radius 2 is 1.60 bits per heavy atom. The molecule has 3 rings (SSSR count). The van der Waals surface area contributed by atoms with Crippen LogP contribution in [0.1, 0.15) is 33.6 Å². The van der Waals surface area contributed by atoms with Gasteiger partial charge in [-0.3, -0.25) is 9.59 Å². The van der Waals surface area contributed by atoms with Crippen LogP contribution in [0, 0.1) is 41.4 Å². The lowest BCUT2D eigenvalue weighted by molar-refractivity contribution is -0.414. The maximum absolute atomic E-state index is 14.0.